The smallest absolute Gasteiger partial charge is 0.231 e. The third-order valence-corrected chi connectivity index (χ3v) is 6.87. The number of hydrogen-bond donors (Lipinski definition) is 1. The maximum atomic E-state index is 13.7. The van der Waals surface area contributed by atoms with Gasteiger partial charge in [-0.15, -0.1) is 0 Å². The van der Waals surface area contributed by atoms with Gasteiger partial charge in [0.1, 0.15) is 5.76 Å². The molecule has 162 valence electrons. The Labute approximate surface area is 189 Å². The van der Waals surface area contributed by atoms with Crippen molar-refractivity contribution in [2.45, 2.75) is 24.7 Å². The molecule has 6 nitrogen and oxygen atoms in total. The lowest BCUT2D eigenvalue weighted by molar-refractivity contribution is -0.116. The van der Waals surface area contributed by atoms with Gasteiger partial charge in [-0.3, -0.25) is 9.78 Å². The number of Topliss-reactive ketones (excluding diaryl/α,β-unsaturated/α-hetero) is 1. The average molecular weight is 436 g/mol. The quantitative estimate of drug-likeness (QED) is 0.446. The molecule has 6 heteroatoms. The summed E-state index contributed by atoms with van der Waals surface area (Å²) in [5.41, 5.74) is 5.78. The molecule has 0 amide bonds. The molecule has 0 radical (unpaired) electrons. The number of hydrogen-bond acceptors (Lipinski definition) is 6. The summed E-state index contributed by atoms with van der Waals surface area (Å²) < 4.78 is 16.8. The first-order valence-electron chi connectivity index (χ1n) is 11.1. The van der Waals surface area contributed by atoms with Crippen LogP contribution in [0.3, 0.4) is 0 Å². The van der Waals surface area contributed by atoms with Crippen LogP contribution in [0.4, 0.5) is 5.69 Å². The number of furan rings is 1. The molecule has 0 spiro atoms. The van der Waals surface area contributed by atoms with E-state index in [0.717, 1.165) is 56.9 Å². The lowest BCUT2D eigenvalue weighted by Gasteiger charge is -2.36. The number of allylic oxidation sites excluding steroid dienone is 2. The Balaban J connectivity index is 1.45. The van der Waals surface area contributed by atoms with Gasteiger partial charge in [-0.1, -0.05) is 12.1 Å². The Morgan fingerprint density at radius 2 is 1.91 bits per heavy atom. The van der Waals surface area contributed by atoms with Gasteiger partial charge in [-0.05, 0) is 60.0 Å². The highest BCUT2D eigenvalue weighted by Gasteiger charge is 2.40. The predicted octanol–water partition coefficient (Wildman–Crippen LogP) is 5.51. The van der Waals surface area contributed by atoms with Crippen LogP contribution in [0, 0.1) is 0 Å². The second-order valence-corrected chi connectivity index (χ2v) is 8.70. The zero-order chi connectivity index (χ0) is 21.9. The largest absolute Gasteiger partial charge is 0.469 e. The molecule has 2 atom stereocenters. The minimum Gasteiger partial charge on any atom is -0.469 e. The maximum Gasteiger partial charge on any atom is 0.231 e. The van der Waals surface area contributed by atoms with E-state index < -0.39 is 0 Å². The molecule has 7 rings (SSSR count). The van der Waals surface area contributed by atoms with Crippen LogP contribution in [0.5, 0.6) is 11.5 Å². The Hall–Kier alpha value is -4.06. The Morgan fingerprint density at radius 3 is 2.82 bits per heavy atom. The first kappa shape index (κ1) is 18.5. The molecule has 0 fully saturated rings. The molecule has 2 aliphatic heterocycles. The van der Waals surface area contributed by atoms with E-state index in [1.54, 1.807) is 12.5 Å². The number of aromatic nitrogens is 1. The molecule has 1 N–H and O–H groups in total. The Bertz CT molecular complexity index is 1450. The fourth-order valence-electron chi connectivity index (χ4n) is 5.44. The van der Waals surface area contributed by atoms with Gasteiger partial charge in [0.05, 0.1) is 11.8 Å². The number of nitrogens with one attached hydrogen (secondary N) is 1. The highest BCUT2D eigenvalue weighted by molar-refractivity contribution is 6.04. The number of carbonyl (C=O) groups is 1. The van der Waals surface area contributed by atoms with Crippen molar-refractivity contribution in [1.29, 1.82) is 0 Å². The van der Waals surface area contributed by atoms with E-state index in [1.165, 1.54) is 0 Å². The van der Waals surface area contributed by atoms with Crippen LogP contribution in [0.15, 0.2) is 82.7 Å². The number of nitrogens with zero attached hydrogens (tertiary/aromatic N) is 1. The third-order valence-electron chi connectivity index (χ3n) is 6.87. The van der Waals surface area contributed by atoms with Gasteiger partial charge in [-0.2, -0.15) is 0 Å². The van der Waals surface area contributed by atoms with Crippen molar-refractivity contribution >= 4 is 22.4 Å². The highest BCUT2D eigenvalue weighted by atomic mass is 16.7. The van der Waals surface area contributed by atoms with Crippen LogP contribution in [0.1, 0.15) is 41.6 Å². The molecule has 4 aromatic rings. The number of pyridine rings is 1. The van der Waals surface area contributed by atoms with Crippen LogP contribution < -0.4 is 14.8 Å². The van der Waals surface area contributed by atoms with E-state index in [0.29, 0.717) is 12.2 Å². The summed E-state index contributed by atoms with van der Waals surface area (Å²) in [5, 5.41) is 4.64. The van der Waals surface area contributed by atoms with Crippen molar-refractivity contribution in [3.63, 3.8) is 0 Å². The number of ether oxygens (including phenoxy) is 2. The normalized spacial score (nSPS) is 21.0. The van der Waals surface area contributed by atoms with Crippen molar-refractivity contribution in [1.82, 2.24) is 4.98 Å². The van der Waals surface area contributed by atoms with Gasteiger partial charge in [0.25, 0.3) is 0 Å². The first-order valence-corrected chi connectivity index (χ1v) is 11.1. The summed E-state index contributed by atoms with van der Waals surface area (Å²) >= 11 is 0. The highest BCUT2D eigenvalue weighted by Crippen LogP contribution is 2.51. The number of rotatable bonds is 2. The molecule has 2 aromatic carbocycles. The minimum absolute atomic E-state index is 0.0276. The van der Waals surface area contributed by atoms with E-state index in [1.807, 2.05) is 42.5 Å². The summed E-state index contributed by atoms with van der Waals surface area (Å²) in [4.78, 5) is 18.2. The molecule has 2 aromatic heterocycles. The molecule has 4 heterocycles. The van der Waals surface area contributed by atoms with Gasteiger partial charge < -0.3 is 19.2 Å². The lowest BCUT2D eigenvalue weighted by atomic mass is 9.72. The second kappa shape index (κ2) is 6.97. The van der Waals surface area contributed by atoms with E-state index in [2.05, 4.69) is 22.4 Å². The van der Waals surface area contributed by atoms with Crippen molar-refractivity contribution in [3.05, 3.63) is 95.2 Å². The standard InChI is InChI=1S/C27H20N2O4/c30-21-12-16(22-4-2-10-31-22)11-20-27(21)25(15-5-8-23-24(13-15)33-14-32-23)26-17-3-1-9-28-18(17)6-7-19(26)29-20/h1-10,13,16,25,29H,11-12,14H2/t16-,25-/m1/s1. The molecular formula is C27H20N2O4. The Kier molecular flexibility index (Phi) is 3.91. The van der Waals surface area contributed by atoms with Crippen molar-refractivity contribution in [3.8, 4) is 11.5 Å². The fraction of sp³-hybridized carbons (Fsp3) is 0.185. The predicted molar refractivity (Wildman–Crippen MR) is 122 cm³/mol. The summed E-state index contributed by atoms with van der Waals surface area (Å²) in [7, 11) is 0. The van der Waals surface area contributed by atoms with Crippen LogP contribution >= 0.6 is 0 Å². The molecule has 0 bridgehead atoms. The molecule has 33 heavy (non-hydrogen) atoms. The zero-order valence-corrected chi connectivity index (χ0v) is 17.7. The molecule has 0 saturated heterocycles. The second-order valence-electron chi connectivity index (χ2n) is 8.70. The SMILES string of the molecule is O=C1C[C@H](c2ccco2)CC2=C1[C@H](c1ccc3c(c1)OCO3)c1c(ccc3ncccc13)N2. The number of carbonyl (C=O) groups excluding carboxylic acids is 1. The van der Waals surface area contributed by atoms with Gasteiger partial charge in [0.2, 0.25) is 6.79 Å². The van der Waals surface area contributed by atoms with Crippen molar-refractivity contribution < 1.29 is 18.7 Å². The first-order chi connectivity index (χ1) is 16.3. The summed E-state index contributed by atoms with van der Waals surface area (Å²) in [5.74, 6) is 2.24. The molecule has 0 saturated carbocycles. The van der Waals surface area contributed by atoms with Crippen molar-refractivity contribution in [2.24, 2.45) is 0 Å². The van der Waals surface area contributed by atoms with Gasteiger partial charge in [0.15, 0.2) is 17.3 Å². The molecule has 3 aliphatic rings. The van der Waals surface area contributed by atoms with Crippen LogP contribution in [-0.4, -0.2) is 17.6 Å². The minimum atomic E-state index is -0.219. The topological polar surface area (TPSA) is 73.6 Å². The van der Waals surface area contributed by atoms with Gasteiger partial charge in [-0.25, -0.2) is 0 Å². The summed E-state index contributed by atoms with van der Waals surface area (Å²) in [6, 6.07) is 17.9. The molecule has 0 unspecified atom stereocenters. The number of fused-ring (bicyclic) bond motifs is 4. The fourth-order valence-corrected chi connectivity index (χ4v) is 5.44. The van der Waals surface area contributed by atoms with Crippen LogP contribution in [0.2, 0.25) is 0 Å². The van der Waals surface area contributed by atoms with E-state index in [-0.39, 0.29) is 24.4 Å². The van der Waals surface area contributed by atoms with Gasteiger partial charge in [0, 0.05) is 46.8 Å². The molecule has 1 aliphatic carbocycles. The van der Waals surface area contributed by atoms with E-state index in [4.69, 9.17) is 13.9 Å². The third kappa shape index (κ3) is 2.80. The molecular weight excluding hydrogens is 416 g/mol. The number of benzene rings is 2. The van der Waals surface area contributed by atoms with E-state index >= 15 is 0 Å². The van der Waals surface area contributed by atoms with Crippen LogP contribution in [0.25, 0.3) is 10.9 Å². The zero-order valence-electron chi connectivity index (χ0n) is 17.7. The van der Waals surface area contributed by atoms with Crippen molar-refractivity contribution in [2.75, 3.05) is 12.1 Å². The summed E-state index contributed by atoms with van der Waals surface area (Å²) in [6.07, 6.45) is 4.61. The van der Waals surface area contributed by atoms with Crippen LogP contribution in [-0.2, 0) is 4.79 Å². The van der Waals surface area contributed by atoms with Gasteiger partial charge >= 0.3 is 0 Å². The average Bonchev–Trinajstić information content (AvgIpc) is 3.54. The number of anilines is 1. The maximum absolute atomic E-state index is 13.7. The number of ketones is 1. The lowest BCUT2D eigenvalue weighted by Crippen LogP contribution is -2.29. The van der Waals surface area contributed by atoms with E-state index in [9.17, 15) is 4.79 Å². The summed E-state index contributed by atoms with van der Waals surface area (Å²) in [6.45, 7) is 0.214. The monoisotopic (exact) mass is 436 g/mol. The Morgan fingerprint density at radius 1 is 0.970 bits per heavy atom.